The van der Waals surface area contributed by atoms with E-state index >= 15 is 0 Å². The van der Waals surface area contributed by atoms with E-state index in [1.165, 1.54) is 0 Å². The summed E-state index contributed by atoms with van der Waals surface area (Å²) in [4.78, 5) is 16.7. The Balaban J connectivity index is 1.79. The Morgan fingerprint density at radius 2 is 1.67 bits per heavy atom. The number of nitrogens with zero attached hydrogens (tertiary/aromatic N) is 3. The van der Waals surface area contributed by atoms with Crippen LogP contribution in [0.25, 0.3) is 0 Å². The lowest BCUT2D eigenvalue weighted by Gasteiger charge is -2.34. The minimum absolute atomic E-state index is 0.189. The van der Waals surface area contributed by atoms with Gasteiger partial charge in [0.1, 0.15) is 0 Å². The first-order chi connectivity index (χ1) is 11.7. The second-order valence-electron chi connectivity index (χ2n) is 6.34. The van der Waals surface area contributed by atoms with E-state index in [9.17, 15) is 9.90 Å². The number of pyridine rings is 1. The van der Waals surface area contributed by atoms with Crippen LogP contribution in [0.2, 0.25) is 0 Å². The van der Waals surface area contributed by atoms with E-state index in [0.717, 1.165) is 50.5 Å². The maximum absolute atomic E-state index is 11.9. The molecule has 0 aliphatic carbocycles. The zero-order valence-electron chi connectivity index (χ0n) is 14.2. The number of hydrogen-bond donors (Lipinski definition) is 1. The molecule has 24 heavy (non-hydrogen) atoms. The van der Waals surface area contributed by atoms with Crippen molar-refractivity contribution in [2.45, 2.75) is 20.0 Å². The average Bonchev–Trinajstić information content (AvgIpc) is 2.61. The van der Waals surface area contributed by atoms with Crippen LogP contribution in [0.3, 0.4) is 0 Å². The molecule has 2 aromatic rings. The van der Waals surface area contributed by atoms with Crippen LogP contribution in [0.15, 0.2) is 47.4 Å². The largest absolute Gasteiger partial charge is 0.503 e. The number of likely N-dealkylation sites (N-methyl/N-ethyl adjacent to an activating group) is 1. The third-order valence-corrected chi connectivity index (χ3v) is 4.69. The lowest BCUT2D eigenvalue weighted by molar-refractivity contribution is 0.129. The van der Waals surface area contributed by atoms with Gasteiger partial charge in [0.2, 0.25) is 5.43 Å². The van der Waals surface area contributed by atoms with Crippen LogP contribution >= 0.6 is 0 Å². The van der Waals surface area contributed by atoms with Gasteiger partial charge in [-0.2, -0.15) is 0 Å². The number of benzene rings is 1. The molecule has 1 aromatic heterocycles. The van der Waals surface area contributed by atoms with Crippen molar-refractivity contribution in [1.82, 2.24) is 14.4 Å². The Morgan fingerprint density at radius 1 is 1.00 bits per heavy atom. The van der Waals surface area contributed by atoms with E-state index < -0.39 is 0 Å². The molecule has 0 amide bonds. The first-order valence-electron chi connectivity index (χ1n) is 8.56. The normalized spacial score (nSPS) is 16.4. The second kappa shape index (κ2) is 7.64. The van der Waals surface area contributed by atoms with E-state index in [0.29, 0.717) is 6.54 Å². The Hall–Kier alpha value is -2.11. The summed E-state index contributed by atoms with van der Waals surface area (Å²) in [7, 11) is 0. The van der Waals surface area contributed by atoms with Crippen LogP contribution in [-0.4, -0.2) is 52.2 Å². The molecule has 1 fully saturated rings. The zero-order valence-corrected chi connectivity index (χ0v) is 14.2. The molecule has 1 saturated heterocycles. The van der Waals surface area contributed by atoms with Gasteiger partial charge in [-0.15, -0.1) is 0 Å². The number of hydrogen-bond acceptors (Lipinski definition) is 4. The molecule has 0 unspecified atom stereocenters. The zero-order chi connectivity index (χ0) is 16.9. The maximum atomic E-state index is 11.9. The molecule has 5 heteroatoms. The monoisotopic (exact) mass is 327 g/mol. The topological polar surface area (TPSA) is 48.7 Å². The molecule has 128 valence electrons. The number of aromatic hydroxyl groups is 1. The first-order valence-corrected chi connectivity index (χ1v) is 8.56. The van der Waals surface area contributed by atoms with Crippen LogP contribution in [0, 0.1) is 0 Å². The van der Waals surface area contributed by atoms with Crippen molar-refractivity contribution < 1.29 is 5.11 Å². The molecule has 5 nitrogen and oxygen atoms in total. The number of rotatable bonds is 5. The van der Waals surface area contributed by atoms with Crippen molar-refractivity contribution >= 4 is 0 Å². The fraction of sp³-hybridized carbons (Fsp3) is 0.421. The molecule has 0 bridgehead atoms. The van der Waals surface area contributed by atoms with E-state index in [4.69, 9.17) is 0 Å². The van der Waals surface area contributed by atoms with Gasteiger partial charge in [0.05, 0.1) is 6.20 Å². The van der Waals surface area contributed by atoms with Crippen LogP contribution in [0.4, 0.5) is 0 Å². The van der Waals surface area contributed by atoms with Gasteiger partial charge in [-0.1, -0.05) is 37.3 Å². The molecule has 3 rings (SSSR count). The third-order valence-electron chi connectivity index (χ3n) is 4.69. The highest BCUT2D eigenvalue weighted by molar-refractivity contribution is 5.23. The minimum atomic E-state index is -0.304. The Morgan fingerprint density at radius 3 is 2.33 bits per heavy atom. The number of piperazine rings is 1. The van der Waals surface area contributed by atoms with Gasteiger partial charge in [0.25, 0.3) is 0 Å². The lowest BCUT2D eigenvalue weighted by atomic mass is 10.2. The van der Waals surface area contributed by atoms with Crippen molar-refractivity contribution in [3.8, 4) is 5.75 Å². The summed E-state index contributed by atoms with van der Waals surface area (Å²) >= 11 is 0. The van der Waals surface area contributed by atoms with Gasteiger partial charge in [0.15, 0.2) is 5.75 Å². The van der Waals surface area contributed by atoms with Crippen molar-refractivity contribution in [3.63, 3.8) is 0 Å². The van der Waals surface area contributed by atoms with Crippen LogP contribution in [0.1, 0.15) is 18.2 Å². The second-order valence-corrected chi connectivity index (χ2v) is 6.34. The Bertz CT molecular complexity index is 719. The SMILES string of the molecule is CCN1CCN(Cc2cc(=O)c(O)cn2Cc2ccccc2)CC1. The van der Waals surface area contributed by atoms with Crippen LogP contribution in [0.5, 0.6) is 5.75 Å². The smallest absolute Gasteiger partial charge is 0.223 e. The van der Waals surface area contributed by atoms with Gasteiger partial charge in [-0.05, 0) is 12.1 Å². The fourth-order valence-corrected chi connectivity index (χ4v) is 3.16. The maximum Gasteiger partial charge on any atom is 0.223 e. The van der Waals surface area contributed by atoms with Crippen molar-refractivity contribution in [2.75, 3.05) is 32.7 Å². The quantitative estimate of drug-likeness (QED) is 0.909. The van der Waals surface area contributed by atoms with Gasteiger partial charge in [-0.25, -0.2) is 0 Å². The van der Waals surface area contributed by atoms with Crippen LogP contribution in [-0.2, 0) is 13.1 Å². The molecule has 1 aliphatic rings. The first kappa shape index (κ1) is 16.7. The summed E-state index contributed by atoms with van der Waals surface area (Å²) in [5.41, 5.74) is 1.80. The van der Waals surface area contributed by atoms with Crippen molar-refractivity contribution in [3.05, 3.63) is 64.1 Å². The summed E-state index contributed by atoms with van der Waals surface area (Å²) in [6.07, 6.45) is 1.56. The van der Waals surface area contributed by atoms with E-state index in [2.05, 4.69) is 28.9 Å². The third kappa shape index (κ3) is 4.04. The highest BCUT2D eigenvalue weighted by atomic mass is 16.3. The molecule has 1 aliphatic heterocycles. The van der Waals surface area contributed by atoms with Gasteiger partial charge < -0.3 is 14.6 Å². The van der Waals surface area contributed by atoms with E-state index in [-0.39, 0.29) is 11.2 Å². The molecule has 0 saturated carbocycles. The summed E-state index contributed by atoms with van der Waals surface area (Å²) in [5.74, 6) is -0.189. The van der Waals surface area contributed by atoms with E-state index in [1.807, 2.05) is 22.8 Å². The van der Waals surface area contributed by atoms with E-state index in [1.54, 1.807) is 12.3 Å². The molecular weight excluding hydrogens is 302 g/mol. The highest BCUT2D eigenvalue weighted by Gasteiger charge is 2.17. The van der Waals surface area contributed by atoms with Gasteiger partial charge in [-0.3, -0.25) is 9.69 Å². The highest BCUT2D eigenvalue weighted by Crippen LogP contribution is 2.13. The minimum Gasteiger partial charge on any atom is -0.503 e. The summed E-state index contributed by atoms with van der Waals surface area (Å²) in [6, 6.07) is 11.7. The van der Waals surface area contributed by atoms with Gasteiger partial charge in [0, 0.05) is 51.0 Å². The average molecular weight is 327 g/mol. The molecule has 0 radical (unpaired) electrons. The predicted octanol–water partition coefficient (Wildman–Crippen LogP) is 1.74. The summed E-state index contributed by atoms with van der Waals surface area (Å²) < 4.78 is 1.98. The number of aromatic nitrogens is 1. The standard InChI is InChI=1S/C19H25N3O2/c1-2-20-8-10-21(11-9-20)14-17-12-18(23)19(24)15-22(17)13-16-6-4-3-5-7-16/h3-7,12,15,24H,2,8-11,13-14H2,1H3. The Kier molecular flexibility index (Phi) is 5.33. The molecule has 2 heterocycles. The lowest BCUT2D eigenvalue weighted by Crippen LogP contribution is -2.46. The molecular formula is C19H25N3O2. The van der Waals surface area contributed by atoms with Gasteiger partial charge >= 0.3 is 0 Å². The molecule has 0 atom stereocenters. The Labute approximate surface area is 142 Å². The van der Waals surface area contributed by atoms with Crippen molar-refractivity contribution in [2.24, 2.45) is 0 Å². The predicted molar refractivity (Wildman–Crippen MR) is 95.3 cm³/mol. The molecule has 0 spiro atoms. The summed E-state index contributed by atoms with van der Waals surface area (Å²) in [5, 5.41) is 9.82. The molecule has 1 N–H and O–H groups in total. The fourth-order valence-electron chi connectivity index (χ4n) is 3.16. The molecule has 1 aromatic carbocycles. The van der Waals surface area contributed by atoms with Crippen molar-refractivity contribution in [1.29, 1.82) is 0 Å². The summed E-state index contributed by atoms with van der Waals surface area (Å²) in [6.45, 7) is 8.81. The van der Waals surface area contributed by atoms with Crippen LogP contribution < -0.4 is 5.43 Å².